The average molecular weight is 227 g/mol. The van der Waals surface area contributed by atoms with Crippen molar-refractivity contribution in [2.45, 2.75) is 32.8 Å². The SMILES string of the molecule is CCC[C@@H](C)Oc1ccc(C(=O)Cl)cc1. The smallest absolute Gasteiger partial charge is 0.252 e. The van der Waals surface area contributed by atoms with Gasteiger partial charge in [-0.05, 0) is 49.2 Å². The third kappa shape index (κ3) is 3.92. The van der Waals surface area contributed by atoms with Gasteiger partial charge in [-0.1, -0.05) is 13.3 Å². The van der Waals surface area contributed by atoms with Gasteiger partial charge in [-0.3, -0.25) is 4.79 Å². The van der Waals surface area contributed by atoms with Gasteiger partial charge in [0.1, 0.15) is 5.75 Å². The van der Waals surface area contributed by atoms with Gasteiger partial charge in [0.25, 0.3) is 5.24 Å². The molecule has 0 aliphatic rings. The molecule has 3 heteroatoms. The average Bonchev–Trinajstić information content (AvgIpc) is 2.18. The van der Waals surface area contributed by atoms with Crippen molar-refractivity contribution in [1.82, 2.24) is 0 Å². The lowest BCUT2D eigenvalue weighted by molar-refractivity contribution is 0.108. The summed E-state index contributed by atoms with van der Waals surface area (Å²) in [5, 5.41) is -0.442. The van der Waals surface area contributed by atoms with E-state index < -0.39 is 5.24 Å². The monoisotopic (exact) mass is 226 g/mol. The predicted octanol–water partition coefficient (Wildman–Crippen LogP) is 3.63. The highest BCUT2D eigenvalue weighted by molar-refractivity contribution is 6.67. The van der Waals surface area contributed by atoms with Crippen molar-refractivity contribution in [2.75, 3.05) is 0 Å². The van der Waals surface area contributed by atoms with Gasteiger partial charge in [0.05, 0.1) is 6.10 Å². The fraction of sp³-hybridized carbons (Fsp3) is 0.417. The van der Waals surface area contributed by atoms with Crippen molar-refractivity contribution in [2.24, 2.45) is 0 Å². The minimum absolute atomic E-state index is 0.201. The highest BCUT2D eigenvalue weighted by Gasteiger charge is 2.04. The van der Waals surface area contributed by atoms with E-state index in [0.29, 0.717) is 5.56 Å². The molecule has 0 fully saturated rings. The van der Waals surface area contributed by atoms with Crippen LogP contribution in [-0.4, -0.2) is 11.3 Å². The topological polar surface area (TPSA) is 26.3 Å². The molecule has 0 N–H and O–H groups in total. The Balaban J connectivity index is 2.60. The van der Waals surface area contributed by atoms with Crippen LogP contribution >= 0.6 is 11.6 Å². The maximum atomic E-state index is 10.8. The largest absolute Gasteiger partial charge is 0.491 e. The molecule has 0 heterocycles. The second-order valence-corrected chi connectivity index (χ2v) is 3.86. The molecule has 0 aliphatic carbocycles. The lowest BCUT2D eigenvalue weighted by Gasteiger charge is -2.13. The van der Waals surface area contributed by atoms with Gasteiger partial charge in [0, 0.05) is 5.56 Å². The van der Waals surface area contributed by atoms with Gasteiger partial charge in [-0.25, -0.2) is 0 Å². The Morgan fingerprint density at radius 1 is 1.40 bits per heavy atom. The summed E-state index contributed by atoms with van der Waals surface area (Å²) in [7, 11) is 0. The molecule has 0 radical (unpaired) electrons. The second-order valence-electron chi connectivity index (χ2n) is 3.52. The summed E-state index contributed by atoms with van der Waals surface area (Å²) in [6.07, 6.45) is 2.32. The van der Waals surface area contributed by atoms with Crippen LogP contribution in [0.3, 0.4) is 0 Å². The Morgan fingerprint density at radius 2 is 2.00 bits per heavy atom. The number of carbonyl (C=O) groups excluding carboxylic acids is 1. The number of benzene rings is 1. The van der Waals surface area contributed by atoms with Crippen LogP contribution in [0.1, 0.15) is 37.0 Å². The van der Waals surface area contributed by atoms with Gasteiger partial charge >= 0.3 is 0 Å². The van der Waals surface area contributed by atoms with Crippen molar-refractivity contribution < 1.29 is 9.53 Å². The summed E-state index contributed by atoms with van der Waals surface area (Å²) in [4.78, 5) is 10.8. The summed E-state index contributed by atoms with van der Waals surface area (Å²) in [6.45, 7) is 4.15. The summed E-state index contributed by atoms with van der Waals surface area (Å²) in [6, 6.07) is 6.87. The van der Waals surface area contributed by atoms with E-state index in [1.165, 1.54) is 0 Å². The highest BCUT2D eigenvalue weighted by atomic mass is 35.5. The van der Waals surface area contributed by atoms with E-state index in [0.717, 1.165) is 18.6 Å². The van der Waals surface area contributed by atoms with Crippen LogP contribution < -0.4 is 4.74 Å². The maximum Gasteiger partial charge on any atom is 0.252 e. The molecule has 0 saturated carbocycles. The van der Waals surface area contributed by atoms with Crippen molar-refractivity contribution in [3.05, 3.63) is 29.8 Å². The molecule has 1 atom stereocenters. The summed E-state index contributed by atoms with van der Waals surface area (Å²) < 4.78 is 5.64. The molecule has 0 bridgehead atoms. The second kappa shape index (κ2) is 5.76. The standard InChI is InChI=1S/C12H15ClO2/c1-3-4-9(2)15-11-7-5-10(6-8-11)12(13)14/h5-9H,3-4H2,1-2H3/t9-/m1/s1. The zero-order valence-corrected chi connectivity index (χ0v) is 9.75. The first-order valence-corrected chi connectivity index (χ1v) is 5.47. The quantitative estimate of drug-likeness (QED) is 0.717. The van der Waals surface area contributed by atoms with Crippen LogP contribution in [0.2, 0.25) is 0 Å². The first-order chi connectivity index (χ1) is 7.13. The lowest BCUT2D eigenvalue weighted by atomic mass is 10.2. The van der Waals surface area contributed by atoms with Crippen LogP contribution in [0, 0.1) is 0 Å². The number of rotatable bonds is 5. The molecule has 0 unspecified atom stereocenters. The number of hydrogen-bond donors (Lipinski definition) is 0. The van der Waals surface area contributed by atoms with E-state index in [9.17, 15) is 4.79 Å². The molecule has 0 aliphatic heterocycles. The van der Waals surface area contributed by atoms with E-state index in [-0.39, 0.29) is 6.10 Å². The minimum Gasteiger partial charge on any atom is -0.491 e. The number of ether oxygens (including phenoxy) is 1. The van der Waals surface area contributed by atoms with Crippen LogP contribution in [0.15, 0.2) is 24.3 Å². The molecule has 0 amide bonds. The Morgan fingerprint density at radius 3 is 2.47 bits per heavy atom. The van der Waals surface area contributed by atoms with Crippen molar-refractivity contribution in [3.8, 4) is 5.75 Å². The normalized spacial score (nSPS) is 12.2. The summed E-state index contributed by atoms with van der Waals surface area (Å²) in [5.74, 6) is 0.776. The molecule has 0 saturated heterocycles. The Hall–Kier alpha value is -1.02. The molecule has 0 aromatic heterocycles. The van der Waals surface area contributed by atoms with E-state index in [4.69, 9.17) is 16.3 Å². The Kier molecular flexibility index (Phi) is 4.63. The molecule has 0 spiro atoms. The van der Waals surface area contributed by atoms with Gasteiger partial charge in [-0.15, -0.1) is 0 Å². The molecular formula is C12H15ClO2. The van der Waals surface area contributed by atoms with Gasteiger partial charge in [0.2, 0.25) is 0 Å². The summed E-state index contributed by atoms with van der Waals surface area (Å²) >= 11 is 5.33. The third-order valence-corrected chi connectivity index (χ3v) is 2.33. The first-order valence-electron chi connectivity index (χ1n) is 5.10. The van der Waals surface area contributed by atoms with E-state index in [2.05, 4.69) is 6.92 Å². The van der Waals surface area contributed by atoms with E-state index in [1.54, 1.807) is 24.3 Å². The number of carbonyl (C=O) groups is 1. The first kappa shape index (κ1) is 12.1. The predicted molar refractivity (Wildman–Crippen MR) is 61.6 cm³/mol. The number of halogens is 1. The molecule has 15 heavy (non-hydrogen) atoms. The van der Waals surface area contributed by atoms with E-state index in [1.807, 2.05) is 6.92 Å². The fourth-order valence-electron chi connectivity index (χ4n) is 1.36. The minimum atomic E-state index is -0.442. The molecular weight excluding hydrogens is 212 g/mol. The molecule has 1 aromatic rings. The van der Waals surface area contributed by atoms with Gasteiger partial charge < -0.3 is 4.74 Å². The zero-order valence-electron chi connectivity index (χ0n) is 9.00. The van der Waals surface area contributed by atoms with Crippen LogP contribution in [0.5, 0.6) is 5.75 Å². The third-order valence-electron chi connectivity index (χ3n) is 2.11. The van der Waals surface area contributed by atoms with Gasteiger partial charge in [-0.2, -0.15) is 0 Å². The Labute approximate surface area is 95.2 Å². The van der Waals surface area contributed by atoms with Crippen LogP contribution in [0.25, 0.3) is 0 Å². The van der Waals surface area contributed by atoms with Crippen LogP contribution in [-0.2, 0) is 0 Å². The highest BCUT2D eigenvalue weighted by Crippen LogP contribution is 2.16. The summed E-state index contributed by atoms with van der Waals surface area (Å²) in [5.41, 5.74) is 0.493. The zero-order chi connectivity index (χ0) is 11.3. The van der Waals surface area contributed by atoms with Crippen molar-refractivity contribution in [1.29, 1.82) is 0 Å². The molecule has 1 rings (SSSR count). The number of hydrogen-bond acceptors (Lipinski definition) is 2. The molecule has 1 aromatic carbocycles. The fourth-order valence-corrected chi connectivity index (χ4v) is 1.49. The Bertz CT molecular complexity index is 319. The molecule has 82 valence electrons. The van der Waals surface area contributed by atoms with Gasteiger partial charge in [0.15, 0.2) is 0 Å². The van der Waals surface area contributed by atoms with Crippen LogP contribution in [0.4, 0.5) is 0 Å². The maximum absolute atomic E-state index is 10.8. The van der Waals surface area contributed by atoms with Crippen molar-refractivity contribution in [3.63, 3.8) is 0 Å². The molecule has 2 nitrogen and oxygen atoms in total. The van der Waals surface area contributed by atoms with E-state index >= 15 is 0 Å². The van der Waals surface area contributed by atoms with Crippen molar-refractivity contribution >= 4 is 16.8 Å². The lowest BCUT2D eigenvalue weighted by Crippen LogP contribution is -2.10.